The molecule has 1 amide bonds. The van der Waals surface area contributed by atoms with E-state index in [0.29, 0.717) is 6.42 Å². The zero-order valence-electron chi connectivity index (χ0n) is 10.6. The largest absolute Gasteiger partial charge is 0.481 e. The predicted molar refractivity (Wildman–Crippen MR) is 69.5 cm³/mol. The van der Waals surface area contributed by atoms with Crippen molar-refractivity contribution in [2.75, 3.05) is 0 Å². The third-order valence-electron chi connectivity index (χ3n) is 4.13. The Morgan fingerprint density at radius 2 is 2.00 bits per heavy atom. The number of aliphatic carboxylic acids is 1. The van der Waals surface area contributed by atoms with Crippen LogP contribution in [0.4, 0.5) is 0 Å². The fourth-order valence-corrected chi connectivity index (χ4v) is 2.94. The molecule has 1 aromatic carbocycles. The molecule has 0 radical (unpaired) electrons. The first-order valence-corrected chi connectivity index (χ1v) is 6.78. The molecule has 0 aliphatic heterocycles. The molecule has 4 heteroatoms. The summed E-state index contributed by atoms with van der Waals surface area (Å²) in [6, 6.07) is 8.21. The van der Waals surface area contributed by atoms with Gasteiger partial charge in [0.2, 0.25) is 5.91 Å². The minimum absolute atomic E-state index is 0.0486. The van der Waals surface area contributed by atoms with Crippen LogP contribution in [-0.2, 0) is 16.0 Å². The normalized spacial score (nSPS) is 28.3. The van der Waals surface area contributed by atoms with Crippen molar-refractivity contribution >= 4 is 11.9 Å². The smallest absolute Gasteiger partial charge is 0.307 e. The van der Waals surface area contributed by atoms with Crippen LogP contribution in [0.15, 0.2) is 24.3 Å². The highest BCUT2D eigenvalue weighted by atomic mass is 16.4. The molecule has 0 unspecified atom stereocenters. The highest BCUT2D eigenvalue weighted by molar-refractivity contribution is 5.89. The quantitative estimate of drug-likeness (QED) is 0.871. The molecule has 0 heterocycles. The molecule has 4 nitrogen and oxygen atoms in total. The fraction of sp³-hybridized carbons (Fsp3) is 0.467. The topological polar surface area (TPSA) is 66.4 Å². The monoisotopic (exact) mass is 259 g/mol. The number of nitrogens with one attached hydrogen (secondary N) is 1. The van der Waals surface area contributed by atoms with E-state index in [4.69, 9.17) is 5.11 Å². The van der Waals surface area contributed by atoms with Crippen LogP contribution in [0.3, 0.4) is 0 Å². The van der Waals surface area contributed by atoms with Crippen molar-refractivity contribution in [3.8, 4) is 0 Å². The van der Waals surface area contributed by atoms with E-state index in [1.54, 1.807) is 0 Å². The van der Waals surface area contributed by atoms with Crippen molar-refractivity contribution < 1.29 is 14.7 Å². The first-order chi connectivity index (χ1) is 9.16. The number of carbonyl (C=O) groups excluding carboxylic acids is 1. The van der Waals surface area contributed by atoms with Crippen LogP contribution in [0.1, 0.15) is 36.4 Å². The van der Waals surface area contributed by atoms with E-state index in [2.05, 4.69) is 17.4 Å². The van der Waals surface area contributed by atoms with Crippen LogP contribution in [0.25, 0.3) is 0 Å². The molecule has 3 atom stereocenters. The van der Waals surface area contributed by atoms with Gasteiger partial charge < -0.3 is 10.4 Å². The third-order valence-corrected chi connectivity index (χ3v) is 4.13. The van der Waals surface area contributed by atoms with Gasteiger partial charge in [0.15, 0.2) is 0 Å². The van der Waals surface area contributed by atoms with E-state index in [9.17, 15) is 9.59 Å². The standard InChI is InChI=1S/C15H17NO3/c17-14(11-8-12(11)15(18)19)16-13-7-3-5-9-4-1-2-6-10(9)13/h1-2,4,6,11-13H,3,5,7-8H2,(H,16,17)(H,18,19)/t11-,12+,13+/m0/s1. The van der Waals surface area contributed by atoms with E-state index in [1.807, 2.05) is 12.1 Å². The van der Waals surface area contributed by atoms with Crippen molar-refractivity contribution in [3.05, 3.63) is 35.4 Å². The van der Waals surface area contributed by atoms with Crippen molar-refractivity contribution in [1.29, 1.82) is 0 Å². The Hall–Kier alpha value is -1.84. The highest BCUT2D eigenvalue weighted by Gasteiger charge is 2.48. The van der Waals surface area contributed by atoms with Crippen molar-refractivity contribution in [2.24, 2.45) is 11.8 Å². The number of benzene rings is 1. The van der Waals surface area contributed by atoms with Gasteiger partial charge in [-0.05, 0) is 36.8 Å². The van der Waals surface area contributed by atoms with E-state index >= 15 is 0 Å². The zero-order chi connectivity index (χ0) is 13.4. The highest BCUT2D eigenvalue weighted by Crippen LogP contribution is 2.40. The lowest BCUT2D eigenvalue weighted by Gasteiger charge is -2.26. The molecule has 0 bridgehead atoms. The minimum Gasteiger partial charge on any atom is -0.481 e. The fourth-order valence-electron chi connectivity index (χ4n) is 2.94. The maximum Gasteiger partial charge on any atom is 0.307 e. The summed E-state index contributed by atoms with van der Waals surface area (Å²) in [6.45, 7) is 0. The first kappa shape index (κ1) is 12.2. The molecule has 1 aromatic rings. The lowest BCUT2D eigenvalue weighted by molar-refractivity contribution is -0.140. The van der Waals surface area contributed by atoms with E-state index in [-0.39, 0.29) is 17.9 Å². The molecule has 100 valence electrons. The molecule has 3 rings (SSSR count). The van der Waals surface area contributed by atoms with Gasteiger partial charge in [-0.25, -0.2) is 0 Å². The summed E-state index contributed by atoms with van der Waals surface area (Å²) in [5, 5.41) is 11.9. The van der Waals surface area contributed by atoms with Crippen LogP contribution in [0.2, 0.25) is 0 Å². The van der Waals surface area contributed by atoms with Gasteiger partial charge >= 0.3 is 5.97 Å². The van der Waals surface area contributed by atoms with Crippen molar-refractivity contribution in [3.63, 3.8) is 0 Å². The van der Waals surface area contributed by atoms with Gasteiger partial charge in [-0.15, -0.1) is 0 Å². The van der Waals surface area contributed by atoms with Gasteiger partial charge in [-0.3, -0.25) is 9.59 Å². The third kappa shape index (κ3) is 2.35. The Balaban J connectivity index is 1.68. The lowest BCUT2D eigenvalue weighted by atomic mass is 9.87. The van der Waals surface area contributed by atoms with Gasteiger partial charge in [0.1, 0.15) is 0 Å². The minimum atomic E-state index is -0.857. The van der Waals surface area contributed by atoms with Crippen molar-refractivity contribution in [2.45, 2.75) is 31.7 Å². The molecule has 1 fully saturated rings. The summed E-state index contributed by atoms with van der Waals surface area (Å²) in [4.78, 5) is 22.8. The molecule has 19 heavy (non-hydrogen) atoms. The summed E-state index contributed by atoms with van der Waals surface area (Å²) < 4.78 is 0. The van der Waals surface area contributed by atoms with Gasteiger partial charge in [0.25, 0.3) is 0 Å². The van der Waals surface area contributed by atoms with Gasteiger partial charge in [0, 0.05) is 0 Å². The second-order valence-corrected chi connectivity index (χ2v) is 5.44. The molecular formula is C15H17NO3. The molecule has 0 saturated heterocycles. The van der Waals surface area contributed by atoms with Gasteiger partial charge in [0.05, 0.1) is 17.9 Å². The zero-order valence-corrected chi connectivity index (χ0v) is 10.6. The first-order valence-electron chi connectivity index (χ1n) is 6.78. The predicted octanol–water partition coefficient (Wildman–Crippen LogP) is 1.90. The number of amides is 1. The molecule has 0 aromatic heterocycles. The number of carboxylic acid groups (broad SMARTS) is 1. The lowest BCUT2D eigenvalue weighted by Crippen LogP contribution is -2.32. The van der Waals surface area contributed by atoms with Crippen molar-refractivity contribution in [1.82, 2.24) is 5.32 Å². The van der Waals surface area contributed by atoms with Gasteiger partial charge in [-0.1, -0.05) is 24.3 Å². The van der Waals surface area contributed by atoms with Crippen LogP contribution in [0, 0.1) is 11.8 Å². The Labute approximate surface area is 111 Å². The number of hydrogen-bond acceptors (Lipinski definition) is 2. The Morgan fingerprint density at radius 3 is 2.74 bits per heavy atom. The second kappa shape index (κ2) is 4.68. The summed E-state index contributed by atoms with van der Waals surface area (Å²) in [5.74, 6) is -1.76. The summed E-state index contributed by atoms with van der Waals surface area (Å²) in [5.41, 5.74) is 2.49. The average molecular weight is 259 g/mol. The van der Waals surface area contributed by atoms with Crippen LogP contribution in [0.5, 0.6) is 0 Å². The number of fused-ring (bicyclic) bond motifs is 1. The van der Waals surface area contributed by atoms with Gasteiger partial charge in [-0.2, -0.15) is 0 Å². The van der Waals surface area contributed by atoms with E-state index in [1.165, 1.54) is 11.1 Å². The molecule has 2 aliphatic rings. The maximum atomic E-state index is 12.0. The number of rotatable bonds is 3. The molecular weight excluding hydrogens is 242 g/mol. The SMILES string of the molecule is O=C(N[C@@H]1CCCc2ccccc21)[C@H]1C[C@H]1C(=O)O. The van der Waals surface area contributed by atoms with E-state index in [0.717, 1.165) is 19.3 Å². The summed E-state index contributed by atoms with van der Waals surface area (Å²) in [6.07, 6.45) is 3.54. The Kier molecular flexibility index (Phi) is 3.01. The second-order valence-electron chi connectivity index (χ2n) is 5.44. The molecule has 0 spiro atoms. The van der Waals surface area contributed by atoms with Crippen LogP contribution < -0.4 is 5.32 Å². The summed E-state index contributed by atoms with van der Waals surface area (Å²) in [7, 11) is 0. The Morgan fingerprint density at radius 1 is 1.21 bits per heavy atom. The van der Waals surface area contributed by atoms with Crippen LogP contribution >= 0.6 is 0 Å². The van der Waals surface area contributed by atoms with Crippen LogP contribution in [-0.4, -0.2) is 17.0 Å². The maximum absolute atomic E-state index is 12.0. The number of aryl methyl sites for hydroxylation is 1. The molecule has 2 N–H and O–H groups in total. The summed E-state index contributed by atoms with van der Waals surface area (Å²) >= 11 is 0. The van der Waals surface area contributed by atoms with E-state index < -0.39 is 11.9 Å². The number of hydrogen-bond donors (Lipinski definition) is 2. The molecule has 1 saturated carbocycles. The number of carboxylic acids is 1. The average Bonchev–Trinajstić information content (AvgIpc) is 3.19. The Bertz CT molecular complexity index is 526. The number of carbonyl (C=O) groups is 2. The molecule has 2 aliphatic carbocycles.